The average molecular weight is 213 g/mol. The molecule has 2 heteroatoms. The molecule has 0 amide bonds. The van der Waals surface area contributed by atoms with Crippen LogP contribution in [0.15, 0.2) is 12.4 Å². The van der Waals surface area contributed by atoms with Crippen LogP contribution in [0.3, 0.4) is 0 Å². The van der Waals surface area contributed by atoms with Crippen LogP contribution in [0, 0.1) is 24.0 Å². The quantitative estimate of drug-likeness (QED) is 0.717. The van der Waals surface area contributed by atoms with Crippen molar-refractivity contribution in [2.75, 3.05) is 0 Å². The van der Waals surface area contributed by atoms with Crippen LogP contribution in [0.5, 0.6) is 0 Å². The van der Waals surface area contributed by atoms with E-state index >= 15 is 0 Å². The molecule has 0 spiro atoms. The summed E-state index contributed by atoms with van der Waals surface area (Å²) in [6.45, 7) is 0. The first-order chi connectivity index (χ1) is 7.84. The Morgan fingerprint density at radius 2 is 1.69 bits per heavy atom. The Bertz CT molecular complexity index is 363. The van der Waals surface area contributed by atoms with Crippen molar-refractivity contribution in [3.8, 4) is 0 Å². The zero-order valence-electron chi connectivity index (χ0n) is 9.52. The fourth-order valence-corrected chi connectivity index (χ4v) is 4.95. The zero-order valence-corrected chi connectivity index (χ0v) is 9.52. The molecule has 4 aliphatic carbocycles. The molecule has 4 bridgehead atoms. The summed E-state index contributed by atoms with van der Waals surface area (Å²) in [7, 11) is 0. The lowest BCUT2D eigenvalue weighted by Crippen LogP contribution is -2.48. The number of nitrogens with zero attached hydrogens (tertiary/aromatic N) is 2. The van der Waals surface area contributed by atoms with Crippen LogP contribution in [0.1, 0.15) is 44.2 Å². The Balaban J connectivity index is 1.77. The van der Waals surface area contributed by atoms with E-state index in [1.165, 1.54) is 44.2 Å². The maximum absolute atomic E-state index is 4.48. The summed E-state index contributed by atoms with van der Waals surface area (Å²) in [4.78, 5) is 8.71. The Morgan fingerprint density at radius 3 is 2.19 bits per heavy atom. The Labute approximate surface area is 96.5 Å². The Hall–Kier alpha value is -0.920. The minimum absolute atomic E-state index is 0.388. The molecule has 16 heavy (non-hydrogen) atoms. The average Bonchev–Trinajstić information content (AvgIpc) is 2.28. The van der Waals surface area contributed by atoms with Crippen molar-refractivity contribution in [1.29, 1.82) is 0 Å². The maximum atomic E-state index is 4.48. The highest BCUT2D eigenvalue weighted by molar-refractivity contribution is 5.20. The van der Waals surface area contributed by atoms with Gasteiger partial charge in [-0.25, -0.2) is 4.98 Å². The van der Waals surface area contributed by atoms with Gasteiger partial charge in [-0.3, -0.25) is 4.98 Å². The van der Waals surface area contributed by atoms with Crippen molar-refractivity contribution in [1.82, 2.24) is 9.97 Å². The topological polar surface area (TPSA) is 25.8 Å². The van der Waals surface area contributed by atoms with Crippen molar-refractivity contribution in [2.45, 2.75) is 43.9 Å². The van der Waals surface area contributed by atoms with E-state index in [0.29, 0.717) is 5.41 Å². The summed E-state index contributed by atoms with van der Waals surface area (Å²) < 4.78 is 0. The third kappa shape index (κ3) is 1.19. The molecule has 5 rings (SSSR count). The molecule has 1 radical (unpaired) electrons. The van der Waals surface area contributed by atoms with E-state index < -0.39 is 0 Å². The number of rotatable bonds is 1. The highest BCUT2D eigenvalue weighted by atomic mass is 14.8. The van der Waals surface area contributed by atoms with E-state index in [4.69, 9.17) is 0 Å². The number of aromatic nitrogens is 2. The van der Waals surface area contributed by atoms with E-state index in [0.717, 1.165) is 17.8 Å². The van der Waals surface area contributed by atoms with Crippen molar-refractivity contribution < 1.29 is 0 Å². The minimum atomic E-state index is 0.388. The van der Waals surface area contributed by atoms with Gasteiger partial charge >= 0.3 is 0 Å². The third-order valence-electron chi connectivity index (χ3n) is 5.10. The third-order valence-corrected chi connectivity index (χ3v) is 5.10. The molecule has 1 aromatic heterocycles. The van der Waals surface area contributed by atoms with Crippen LogP contribution in [0.4, 0.5) is 0 Å². The molecule has 0 saturated heterocycles. The molecular weight excluding hydrogens is 196 g/mol. The van der Waals surface area contributed by atoms with Crippen LogP contribution in [-0.2, 0) is 5.41 Å². The highest BCUT2D eigenvalue weighted by Gasteiger charge is 2.52. The second-order valence-electron chi connectivity index (χ2n) is 6.23. The standard InChI is InChI=1S/C14H17N2/c1-2-16-13(9-15-1)14-6-10-3-11(7-14)5-12(4-10)8-14/h1,9-12H,3-8H2. The second kappa shape index (κ2) is 3.06. The predicted octanol–water partition coefficient (Wildman–Crippen LogP) is 2.74. The van der Waals surface area contributed by atoms with Gasteiger partial charge in [-0.15, -0.1) is 0 Å². The highest BCUT2D eigenvalue weighted by Crippen LogP contribution is 2.60. The molecule has 1 aromatic rings. The predicted molar refractivity (Wildman–Crippen MR) is 60.7 cm³/mol. The lowest BCUT2D eigenvalue weighted by molar-refractivity contribution is -0.00739. The Morgan fingerprint density at radius 1 is 1.06 bits per heavy atom. The first kappa shape index (κ1) is 9.15. The maximum Gasteiger partial charge on any atom is 0.109 e. The normalized spacial score (nSPS) is 44.9. The molecule has 0 unspecified atom stereocenters. The lowest BCUT2D eigenvalue weighted by atomic mass is 9.49. The molecule has 0 N–H and O–H groups in total. The second-order valence-corrected chi connectivity index (χ2v) is 6.23. The molecule has 83 valence electrons. The Kier molecular flexibility index (Phi) is 1.75. The monoisotopic (exact) mass is 213 g/mol. The van der Waals surface area contributed by atoms with Crippen molar-refractivity contribution in [3.63, 3.8) is 0 Å². The molecular formula is C14H17N2. The van der Waals surface area contributed by atoms with Gasteiger partial charge in [0, 0.05) is 11.6 Å². The van der Waals surface area contributed by atoms with Crippen LogP contribution in [-0.4, -0.2) is 9.97 Å². The fourth-order valence-electron chi connectivity index (χ4n) is 4.95. The smallest absolute Gasteiger partial charge is 0.109 e. The van der Waals surface area contributed by atoms with E-state index in [1.54, 1.807) is 6.20 Å². The molecule has 0 atom stereocenters. The van der Waals surface area contributed by atoms with E-state index in [9.17, 15) is 0 Å². The van der Waals surface area contributed by atoms with Crippen LogP contribution in [0.25, 0.3) is 0 Å². The van der Waals surface area contributed by atoms with Crippen LogP contribution in [0.2, 0.25) is 0 Å². The van der Waals surface area contributed by atoms with Gasteiger partial charge < -0.3 is 0 Å². The summed E-state index contributed by atoms with van der Waals surface area (Å²) in [6.07, 6.45) is 15.2. The van der Waals surface area contributed by atoms with Gasteiger partial charge in [-0.2, -0.15) is 0 Å². The summed E-state index contributed by atoms with van der Waals surface area (Å²) in [6, 6.07) is 0. The lowest BCUT2D eigenvalue weighted by Gasteiger charge is -2.56. The molecule has 0 aromatic carbocycles. The van der Waals surface area contributed by atoms with E-state index in [2.05, 4.69) is 16.2 Å². The molecule has 4 fully saturated rings. The first-order valence-electron chi connectivity index (χ1n) is 6.53. The van der Waals surface area contributed by atoms with Crippen molar-refractivity contribution in [2.24, 2.45) is 17.8 Å². The van der Waals surface area contributed by atoms with Crippen molar-refractivity contribution in [3.05, 3.63) is 24.3 Å². The van der Waals surface area contributed by atoms with Gasteiger partial charge in [-0.05, 0) is 56.3 Å². The van der Waals surface area contributed by atoms with E-state index in [1.807, 2.05) is 6.20 Å². The summed E-state index contributed by atoms with van der Waals surface area (Å²) in [5.41, 5.74) is 1.62. The molecule has 4 saturated carbocycles. The minimum Gasteiger partial charge on any atom is -0.260 e. The van der Waals surface area contributed by atoms with Gasteiger partial charge in [0.15, 0.2) is 0 Å². The summed E-state index contributed by atoms with van der Waals surface area (Å²) >= 11 is 0. The first-order valence-corrected chi connectivity index (χ1v) is 6.53. The zero-order chi connectivity index (χ0) is 10.6. The molecule has 0 aliphatic heterocycles. The summed E-state index contributed by atoms with van der Waals surface area (Å²) in [5.74, 6) is 2.94. The fraction of sp³-hybridized carbons (Fsp3) is 0.714. The van der Waals surface area contributed by atoms with Crippen LogP contribution >= 0.6 is 0 Å². The van der Waals surface area contributed by atoms with Gasteiger partial charge in [0.1, 0.15) is 6.20 Å². The van der Waals surface area contributed by atoms with Gasteiger partial charge in [0.2, 0.25) is 0 Å². The van der Waals surface area contributed by atoms with Crippen molar-refractivity contribution >= 4 is 0 Å². The summed E-state index contributed by atoms with van der Waals surface area (Å²) in [5, 5.41) is 0. The number of hydrogen-bond acceptors (Lipinski definition) is 2. The van der Waals surface area contributed by atoms with Gasteiger partial charge in [0.05, 0.1) is 11.9 Å². The SMILES string of the molecule is [c]1cncc(C23CC4CC(CC(C4)C2)C3)n1. The molecule has 4 aliphatic rings. The van der Waals surface area contributed by atoms with Gasteiger partial charge in [-0.1, -0.05) is 0 Å². The largest absolute Gasteiger partial charge is 0.260 e. The van der Waals surface area contributed by atoms with Crippen LogP contribution < -0.4 is 0 Å². The molecule has 1 heterocycles. The number of hydrogen-bond donors (Lipinski definition) is 0. The van der Waals surface area contributed by atoms with Gasteiger partial charge in [0.25, 0.3) is 0 Å². The molecule has 2 nitrogen and oxygen atoms in total. The van der Waals surface area contributed by atoms with E-state index in [-0.39, 0.29) is 0 Å².